The Morgan fingerprint density at radius 1 is 1.06 bits per heavy atom. The third-order valence-corrected chi connectivity index (χ3v) is 5.59. The average Bonchev–Trinajstić information content (AvgIpc) is 3.23. The topological polar surface area (TPSA) is 53.4 Å². The Morgan fingerprint density at radius 3 is 2.47 bits per heavy atom. The third-order valence-electron chi connectivity index (χ3n) is 5.59. The molecule has 4 rings (SSSR count). The Balaban J connectivity index is 1.70. The van der Waals surface area contributed by atoms with Crippen molar-refractivity contribution in [1.29, 1.82) is 0 Å². The summed E-state index contributed by atoms with van der Waals surface area (Å²) >= 11 is 0. The number of hydrogen-bond acceptors (Lipinski definition) is 4. The molecule has 1 heterocycles. The largest absolute Gasteiger partial charge is 0.469 e. The van der Waals surface area contributed by atoms with Crippen LogP contribution in [0.3, 0.4) is 0 Å². The lowest BCUT2D eigenvalue weighted by Gasteiger charge is -2.32. The Kier molecular flexibility index (Phi) is 6.06. The first kappa shape index (κ1) is 21.7. The first-order chi connectivity index (χ1) is 15.4. The van der Waals surface area contributed by atoms with Crippen molar-refractivity contribution in [2.45, 2.75) is 26.6 Å². The minimum Gasteiger partial charge on any atom is -0.469 e. The number of benzene rings is 3. The van der Waals surface area contributed by atoms with Crippen molar-refractivity contribution >= 4 is 16.9 Å². The molecule has 0 aliphatic rings. The number of fused-ring (bicyclic) bond motifs is 1. The fourth-order valence-electron chi connectivity index (χ4n) is 3.85. The maximum Gasteiger partial charge on any atom is 0.314 e. The standard InChI is InChI=1S/C26H25FN2O3/c1-26(2,25(30)31-3)24(32-17-18-7-5-4-6-8-18)19-9-14-23-20(15-19)16-28-29(23)22-12-10-21(27)11-13-22/h4-16,24H,17H2,1-3H3. The Labute approximate surface area is 186 Å². The third kappa shape index (κ3) is 4.27. The molecule has 164 valence electrons. The molecule has 6 heteroatoms. The summed E-state index contributed by atoms with van der Waals surface area (Å²) in [5.74, 6) is -0.645. The van der Waals surface area contributed by atoms with Gasteiger partial charge in [-0.3, -0.25) is 4.79 Å². The number of aromatic nitrogens is 2. The lowest BCUT2D eigenvalue weighted by Crippen LogP contribution is -2.34. The number of nitrogens with zero attached hydrogens (tertiary/aromatic N) is 2. The van der Waals surface area contributed by atoms with Crippen LogP contribution in [0.25, 0.3) is 16.6 Å². The van der Waals surface area contributed by atoms with Crippen LogP contribution >= 0.6 is 0 Å². The summed E-state index contributed by atoms with van der Waals surface area (Å²) in [6.45, 7) is 4.00. The highest BCUT2D eigenvalue weighted by atomic mass is 19.1. The highest BCUT2D eigenvalue weighted by Crippen LogP contribution is 2.39. The lowest BCUT2D eigenvalue weighted by atomic mass is 9.82. The van der Waals surface area contributed by atoms with Gasteiger partial charge >= 0.3 is 5.97 Å². The number of esters is 1. The highest BCUT2D eigenvalue weighted by molar-refractivity contribution is 5.82. The van der Waals surface area contributed by atoms with Gasteiger partial charge in [0, 0.05) is 5.39 Å². The van der Waals surface area contributed by atoms with E-state index < -0.39 is 11.5 Å². The van der Waals surface area contributed by atoms with E-state index in [1.54, 1.807) is 23.0 Å². The summed E-state index contributed by atoms with van der Waals surface area (Å²) < 4.78 is 26.4. The zero-order valence-corrected chi connectivity index (χ0v) is 18.3. The van der Waals surface area contributed by atoms with Crippen LogP contribution in [-0.4, -0.2) is 22.9 Å². The van der Waals surface area contributed by atoms with Crippen LogP contribution in [0.5, 0.6) is 0 Å². The van der Waals surface area contributed by atoms with Crippen molar-refractivity contribution in [2.75, 3.05) is 7.11 Å². The van der Waals surface area contributed by atoms with Gasteiger partial charge in [-0.05, 0) is 61.4 Å². The SMILES string of the molecule is COC(=O)C(C)(C)C(OCc1ccccc1)c1ccc2c(cnn2-c2ccc(F)cc2)c1. The molecule has 3 aromatic carbocycles. The fourth-order valence-corrected chi connectivity index (χ4v) is 3.85. The van der Waals surface area contributed by atoms with Gasteiger partial charge in [0.15, 0.2) is 0 Å². The number of rotatable bonds is 7. The van der Waals surface area contributed by atoms with Crippen LogP contribution in [0, 0.1) is 11.2 Å². The Bertz CT molecular complexity index is 1220. The predicted molar refractivity (Wildman–Crippen MR) is 121 cm³/mol. The minimum atomic E-state index is -0.913. The van der Waals surface area contributed by atoms with E-state index in [1.165, 1.54) is 19.2 Å². The summed E-state index contributed by atoms with van der Waals surface area (Å²) in [7, 11) is 1.38. The van der Waals surface area contributed by atoms with E-state index in [-0.39, 0.29) is 11.8 Å². The van der Waals surface area contributed by atoms with Gasteiger partial charge < -0.3 is 9.47 Å². The smallest absolute Gasteiger partial charge is 0.314 e. The van der Waals surface area contributed by atoms with E-state index in [1.807, 2.05) is 62.4 Å². The predicted octanol–water partition coefficient (Wildman–Crippen LogP) is 5.62. The Morgan fingerprint density at radius 2 is 1.78 bits per heavy atom. The summed E-state index contributed by atoms with van der Waals surface area (Å²) in [5.41, 5.74) is 2.59. The van der Waals surface area contributed by atoms with Crippen LogP contribution in [-0.2, 0) is 20.9 Å². The van der Waals surface area contributed by atoms with Crippen molar-refractivity contribution in [2.24, 2.45) is 5.41 Å². The first-order valence-electron chi connectivity index (χ1n) is 10.4. The van der Waals surface area contributed by atoms with Crippen molar-refractivity contribution in [3.63, 3.8) is 0 Å². The molecule has 0 bridgehead atoms. The van der Waals surface area contributed by atoms with Gasteiger partial charge in [0.2, 0.25) is 0 Å². The fraction of sp³-hybridized carbons (Fsp3) is 0.231. The quantitative estimate of drug-likeness (QED) is 0.356. The average molecular weight is 432 g/mol. The molecule has 0 amide bonds. The first-order valence-corrected chi connectivity index (χ1v) is 10.4. The number of carbonyl (C=O) groups is 1. The second-order valence-electron chi connectivity index (χ2n) is 8.24. The zero-order chi connectivity index (χ0) is 22.7. The summed E-state index contributed by atoms with van der Waals surface area (Å²) in [5, 5.41) is 5.35. The van der Waals surface area contributed by atoms with Crippen LogP contribution < -0.4 is 0 Å². The summed E-state index contributed by atoms with van der Waals surface area (Å²) in [6.07, 6.45) is 1.22. The van der Waals surface area contributed by atoms with Gasteiger partial charge in [-0.2, -0.15) is 5.10 Å². The molecule has 1 unspecified atom stereocenters. The normalized spacial score (nSPS) is 12.6. The van der Waals surface area contributed by atoms with Crippen molar-refractivity contribution in [3.8, 4) is 5.69 Å². The van der Waals surface area contributed by atoms with E-state index in [9.17, 15) is 9.18 Å². The van der Waals surface area contributed by atoms with E-state index in [0.717, 1.165) is 27.7 Å². The minimum absolute atomic E-state index is 0.295. The van der Waals surface area contributed by atoms with Gasteiger partial charge in [0.25, 0.3) is 0 Å². The lowest BCUT2D eigenvalue weighted by molar-refractivity contribution is -0.161. The van der Waals surface area contributed by atoms with Crippen LogP contribution in [0.4, 0.5) is 4.39 Å². The van der Waals surface area contributed by atoms with Crippen LogP contribution in [0.2, 0.25) is 0 Å². The number of methoxy groups -OCH3 is 1. The molecular weight excluding hydrogens is 407 g/mol. The molecule has 0 N–H and O–H groups in total. The molecule has 0 spiro atoms. The van der Waals surface area contributed by atoms with Gasteiger partial charge in [0.05, 0.1) is 42.6 Å². The van der Waals surface area contributed by atoms with Crippen LogP contribution in [0.15, 0.2) is 79.0 Å². The molecule has 1 aromatic heterocycles. The van der Waals surface area contributed by atoms with Crippen molar-refractivity contribution in [3.05, 3.63) is 95.9 Å². The molecule has 0 radical (unpaired) electrons. The summed E-state index contributed by atoms with van der Waals surface area (Å²) in [6, 6.07) is 21.9. The molecule has 0 aliphatic heterocycles. The second-order valence-corrected chi connectivity index (χ2v) is 8.24. The molecule has 4 aromatic rings. The zero-order valence-electron chi connectivity index (χ0n) is 18.3. The Hall–Kier alpha value is -3.51. The second kappa shape index (κ2) is 8.93. The number of carbonyl (C=O) groups excluding carboxylic acids is 1. The number of halogens is 1. The van der Waals surface area contributed by atoms with Crippen LogP contribution in [0.1, 0.15) is 31.1 Å². The van der Waals surface area contributed by atoms with Crippen molar-refractivity contribution < 1.29 is 18.7 Å². The summed E-state index contributed by atoms with van der Waals surface area (Å²) in [4.78, 5) is 12.6. The van der Waals surface area contributed by atoms with Crippen molar-refractivity contribution in [1.82, 2.24) is 9.78 Å². The monoisotopic (exact) mass is 432 g/mol. The highest BCUT2D eigenvalue weighted by Gasteiger charge is 2.40. The number of ether oxygens (including phenoxy) is 2. The van der Waals surface area contributed by atoms with E-state index in [4.69, 9.17) is 9.47 Å². The van der Waals surface area contributed by atoms with Gasteiger partial charge in [0.1, 0.15) is 5.82 Å². The number of hydrogen-bond donors (Lipinski definition) is 0. The van der Waals surface area contributed by atoms with E-state index in [2.05, 4.69) is 5.10 Å². The molecule has 1 atom stereocenters. The maximum atomic E-state index is 13.3. The maximum absolute atomic E-state index is 13.3. The molecule has 0 saturated carbocycles. The molecule has 5 nitrogen and oxygen atoms in total. The molecule has 0 saturated heterocycles. The van der Waals surface area contributed by atoms with Gasteiger partial charge in [-0.15, -0.1) is 0 Å². The molecule has 0 aliphatic carbocycles. The van der Waals surface area contributed by atoms with Gasteiger partial charge in [-0.25, -0.2) is 9.07 Å². The molecular formula is C26H25FN2O3. The van der Waals surface area contributed by atoms with E-state index >= 15 is 0 Å². The molecule has 32 heavy (non-hydrogen) atoms. The molecule has 0 fully saturated rings. The van der Waals surface area contributed by atoms with Gasteiger partial charge in [-0.1, -0.05) is 36.4 Å². The van der Waals surface area contributed by atoms with E-state index in [0.29, 0.717) is 6.61 Å².